The molecule has 2 aromatic carbocycles. The van der Waals surface area contributed by atoms with Crippen LogP contribution in [0.3, 0.4) is 0 Å². The Morgan fingerprint density at radius 2 is 1.89 bits per heavy atom. The molecule has 2 rings (SSSR count). The molecule has 0 aliphatic carbocycles. The fourth-order valence-electron chi connectivity index (χ4n) is 2.24. The van der Waals surface area contributed by atoms with Gasteiger partial charge in [0.1, 0.15) is 11.6 Å². The molecule has 1 N–H and O–H groups in total. The fraction of sp³-hybridized carbons (Fsp3) is 0.278. The van der Waals surface area contributed by atoms with Gasteiger partial charge in [-0.05, 0) is 71.2 Å². The number of hydrogen-bond acceptors (Lipinski definition) is 4. The molecule has 1 amide bonds. The molecule has 2 aromatic rings. The highest BCUT2D eigenvalue weighted by atomic mass is 79.9. The van der Waals surface area contributed by atoms with Crippen molar-refractivity contribution in [3.63, 3.8) is 0 Å². The molecule has 0 aliphatic heterocycles. The maximum atomic E-state index is 13.1. The summed E-state index contributed by atoms with van der Waals surface area (Å²) < 4.78 is 44.7. The maximum absolute atomic E-state index is 13.1. The van der Waals surface area contributed by atoms with Gasteiger partial charge in [-0.2, -0.15) is 0 Å². The molecule has 0 spiro atoms. The van der Waals surface area contributed by atoms with Crippen LogP contribution in [0.25, 0.3) is 0 Å². The molecular weight excluding hydrogens is 439 g/mol. The van der Waals surface area contributed by atoms with E-state index in [0.717, 1.165) is 15.4 Å². The van der Waals surface area contributed by atoms with Crippen LogP contribution in [0.15, 0.2) is 39.7 Å². The first-order chi connectivity index (χ1) is 12.5. The van der Waals surface area contributed by atoms with Crippen molar-refractivity contribution in [2.45, 2.75) is 18.7 Å². The minimum atomic E-state index is -3.63. The summed E-state index contributed by atoms with van der Waals surface area (Å²) in [5, 5.41) is 2.67. The van der Waals surface area contributed by atoms with Crippen LogP contribution in [0.1, 0.15) is 11.1 Å². The van der Waals surface area contributed by atoms with Crippen LogP contribution < -0.4 is 10.1 Å². The van der Waals surface area contributed by atoms with Crippen molar-refractivity contribution < 1.29 is 22.3 Å². The van der Waals surface area contributed by atoms with Crippen LogP contribution in [-0.4, -0.2) is 39.3 Å². The Hall–Kier alpha value is -1.97. The molecule has 146 valence electrons. The third-order valence-corrected chi connectivity index (χ3v) is 6.36. The highest BCUT2D eigenvalue weighted by Crippen LogP contribution is 2.27. The van der Waals surface area contributed by atoms with E-state index in [0.29, 0.717) is 15.9 Å². The van der Waals surface area contributed by atoms with E-state index in [-0.39, 0.29) is 11.5 Å². The zero-order valence-electron chi connectivity index (χ0n) is 15.3. The largest absolute Gasteiger partial charge is 0.483 e. The molecule has 0 aliphatic rings. The number of anilines is 1. The van der Waals surface area contributed by atoms with Gasteiger partial charge < -0.3 is 10.1 Å². The van der Waals surface area contributed by atoms with E-state index in [1.165, 1.54) is 38.4 Å². The number of rotatable bonds is 6. The molecule has 27 heavy (non-hydrogen) atoms. The number of benzene rings is 2. The van der Waals surface area contributed by atoms with Crippen LogP contribution in [0.4, 0.5) is 10.1 Å². The number of carbonyl (C=O) groups is 1. The van der Waals surface area contributed by atoms with Gasteiger partial charge in [-0.15, -0.1) is 0 Å². The first-order valence-electron chi connectivity index (χ1n) is 7.94. The molecule has 9 heteroatoms. The molecule has 0 atom stereocenters. The lowest BCUT2D eigenvalue weighted by Gasteiger charge is -2.16. The van der Waals surface area contributed by atoms with E-state index < -0.39 is 21.7 Å². The zero-order chi connectivity index (χ0) is 20.4. The summed E-state index contributed by atoms with van der Waals surface area (Å²) >= 11 is 3.16. The summed E-state index contributed by atoms with van der Waals surface area (Å²) in [5.74, 6) is -0.569. The molecule has 6 nitrogen and oxygen atoms in total. The van der Waals surface area contributed by atoms with Crippen molar-refractivity contribution in [1.82, 2.24) is 4.31 Å². The van der Waals surface area contributed by atoms with Crippen LogP contribution >= 0.6 is 15.9 Å². The van der Waals surface area contributed by atoms with Gasteiger partial charge in [-0.3, -0.25) is 4.79 Å². The predicted molar refractivity (Wildman–Crippen MR) is 105 cm³/mol. The number of hydrogen-bond donors (Lipinski definition) is 1. The standard InChI is InChI=1S/C18H20BrFN2O4S/c1-11-7-14(27(24,25)22(3)4)9-16(12(11)2)21-18(23)10-26-17-6-5-13(20)8-15(17)19/h5-9H,10H2,1-4H3,(H,21,23). The maximum Gasteiger partial charge on any atom is 0.262 e. The molecule has 0 heterocycles. The first kappa shape index (κ1) is 21.3. The first-order valence-corrected chi connectivity index (χ1v) is 10.2. The Labute approximate surface area is 166 Å². The van der Waals surface area contributed by atoms with Crippen molar-refractivity contribution in [3.05, 3.63) is 51.7 Å². The molecule has 0 bridgehead atoms. The number of halogens is 2. The van der Waals surface area contributed by atoms with E-state index in [1.54, 1.807) is 19.9 Å². The summed E-state index contributed by atoms with van der Waals surface area (Å²) in [5.41, 5.74) is 1.88. The minimum absolute atomic E-state index is 0.0908. The average Bonchev–Trinajstić information content (AvgIpc) is 2.57. The average molecular weight is 459 g/mol. The number of ether oxygens (including phenoxy) is 1. The lowest BCUT2D eigenvalue weighted by atomic mass is 10.1. The van der Waals surface area contributed by atoms with E-state index in [4.69, 9.17) is 4.74 Å². The lowest BCUT2D eigenvalue weighted by molar-refractivity contribution is -0.118. The third-order valence-electron chi connectivity index (χ3n) is 3.95. The van der Waals surface area contributed by atoms with E-state index in [2.05, 4.69) is 21.2 Å². The Bertz CT molecular complexity index is 978. The predicted octanol–water partition coefficient (Wildman–Crippen LogP) is 3.47. The molecule has 0 radical (unpaired) electrons. The van der Waals surface area contributed by atoms with Crippen molar-refractivity contribution in [2.24, 2.45) is 0 Å². The normalized spacial score (nSPS) is 11.5. The van der Waals surface area contributed by atoms with Crippen LogP contribution in [0.2, 0.25) is 0 Å². The van der Waals surface area contributed by atoms with Crippen molar-refractivity contribution in [1.29, 1.82) is 0 Å². The van der Waals surface area contributed by atoms with E-state index in [9.17, 15) is 17.6 Å². The molecule has 0 saturated carbocycles. The topological polar surface area (TPSA) is 75.7 Å². The number of nitrogens with zero attached hydrogens (tertiary/aromatic N) is 1. The Morgan fingerprint density at radius 1 is 1.22 bits per heavy atom. The number of sulfonamides is 1. The van der Waals surface area contributed by atoms with Crippen LogP contribution in [-0.2, 0) is 14.8 Å². The number of nitrogens with one attached hydrogen (secondary N) is 1. The molecule has 0 saturated heterocycles. The van der Waals surface area contributed by atoms with Gasteiger partial charge in [-0.25, -0.2) is 17.1 Å². The van der Waals surface area contributed by atoms with Crippen molar-refractivity contribution >= 4 is 37.5 Å². The second-order valence-corrected chi connectivity index (χ2v) is 9.12. The van der Waals surface area contributed by atoms with Gasteiger partial charge in [0.2, 0.25) is 10.0 Å². The minimum Gasteiger partial charge on any atom is -0.483 e. The third kappa shape index (κ3) is 5.06. The van der Waals surface area contributed by atoms with Gasteiger partial charge in [0, 0.05) is 19.8 Å². The van der Waals surface area contributed by atoms with E-state index >= 15 is 0 Å². The van der Waals surface area contributed by atoms with Crippen molar-refractivity contribution in [2.75, 3.05) is 26.0 Å². The molecule has 0 aromatic heterocycles. The molecule has 0 unspecified atom stereocenters. The summed E-state index contributed by atoms with van der Waals surface area (Å²) in [7, 11) is -0.747. The van der Waals surface area contributed by atoms with Crippen LogP contribution in [0.5, 0.6) is 5.75 Å². The fourth-order valence-corrected chi connectivity index (χ4v) is 3.72. The second-order valence-electron chi connectivity index (χ2n) is 6.11. The summed E-state index contributed by atoms with van der Waals surface area (Å²) in [4.78, 5) is 12.3. The van der Waals surface area contributed by atoms with Gasteiger partial charge in [-0.1, -0.05) is 0 Å². The Kier molecular flexibility index (Phi) is 6.61. The SMILES string of the molecule is Cc1cc(S(=O)(=O)N(C)C)cc(NC(=O)COc2ccc(F)cc2Br)c1C. The molecule has 0 fully saturated rings. The number of aryl methyl sites for hydroxylation is 1. The molecular formula is C18H20BrFN2O4S. The van der Waals surface area contributed by atoms with Gasteiger partial charge in [0.25, 0.3) is 5.91 Å². The summed E-state index contributed by atoms with van der Waals surface area (Å²) in [6.07, 6.45) is 0. The van der Waals surface area contributed by atoms with Crippen molar-refractivity contribution in [3.8, 4) is 5.75 Å². The highest BCUT2D eigenvalue weighted by Gasteiger charge is 2.20. The Morgan fingerprint density at radius 3 is 2.48 bits per heavy atom. The lowest BCUT2D eigenvalue weighted by Crippen LogP contribution is -2.24. The summed E-state index contributed by atoms with van der Waals surface area (Å²) in [6, 6.07) is 6.85. The summed E-state index contributed by atoms with van der Waals surface area (Å²) in [6.45, 7) is 3.24. The smallest absolute Gasteiger partial charge is 0.262 e. The second kappa shape index (κ2) is 8.37. The van der Waals surface area contributed by atoms with Gasteiger partial charge in [0.15, 0.2) is 6.61 Å². The van der Waals surface area contributed by atoms with Gasteiger partial charge >= 0.3 is 0 Å². The van der Waals surface area contributed by atoms with Crippen LogP contribution in [0, 0.1) is 19.7 Å². The quantitative estimate of drug-likeness (QED) is 0.718. The Balaban J connectivity index is 2.18. The number of amides is 1. The van der Waals surface area contributed by atoms with Gasteiger partial charge in [0.05, 0.1) is 9.37 Å². The highest BCUT2D eigenvalue weighted by molar-refractivity contribution is 9.10. The number of carbonyl (C=O) groups excluding carboxylic acids is 1. The monoisotopic (exact) mass is 458 g/mol. The van der Waals surface area contributed by atoms with E-state index in [1.807, 2.05) is 0 Å². The zero-order valence-corrected chi connectivity index (χ0v) is 17.7.